The summed E-state index contributed by atoms with van der Waals surface area (Å²) >= 11 is 0. The Bertz CT molecular complexity index is 180. The van der Waals surface area contributed by atoms with Crippen LogP contribution in [0.4, 0.5) is 0 Å². The summed E-state index contributed by atoms with van der Waals surface area (Å²) in [6.45, 7) is 10.6. The fraction of sp³-hybridized carbons (Fsp3) is 0.900. The number of carbonyl (C=O) groups excluding carboxylic acids is 1. The van der Waals surface area contributed by atoms with Crippen LogP contribution in [0.1, 0.15) is 27.7 Å². The standard InChI is InChI=1S/C10H23N3O/c1-5-12-9(14)7-13(6-2)10(3,4)8-11/h5-8,11H2,1-4H3,(H,12,14). The van der Waals surface area contributed by atoms with Crippen molar-refractivity contribution >= 4 is 5.91 Å². The molecule has 0 radical (unpaired) electrons. The number of rotatable bonds is 6. The second kappa shape index (κ2) is 5.98. The van der Waals surface area contributed by atoms with Gasteiger partial charge < -0.3 is 11.1 Å². The molecule has 0 fully saturated rings. The number of nitrogens with two attached hydrogens (primary N) is 1. The zero-order valence-corrected chi connectivity index (χ0v) is 9.76. The maximum Gasteiger partial charge on any atom is 0.234 e. The molecule has 0 aliphatic carbocycles. The number of nitrogens with zero attached hydrogens (tertiary/aromatic N) is 1. The Morgan fingerprint density at radius 2 is 2.00 bits per heavy atom. The maximum absolute atomic E-state index is 11.4. The van der Waals surface area contributed by atoms with E-state index in [2.05, 4.69) is 24.1 Å². The average molecular weight is 201 g/mol. The minimum Gasteiger partial charge on any atom is -0.355 e. The molecular formula is C10H23N3O. The number of hydrogen-bond donors (Lipinski definition) is 2. The first-order valence-corrected chi connectivity index (χ1v) is 5.19. The van der Waals surface area contributed by atoms with Crippen molar-refractivity contribution < 1.29 is 4.79 Å². The smallest absolute Gasteiger partial charge is 0.234 e. The number of likely N-dealkylation sites (N-methyl/N-ethyl adjacent to an activating group) is 2. The van der Waals surface area contributed by atoms with Crippen LogP contribution in [0.3, 0.4) is 0 Å². The van der Waals surface area contributed by atoms with E-state index in [0.29, 0.717) is 19.6 Å². The number of nitrogens with one attached hydrogen (secondary N) is 1. The van der Waals surface area contributed by atoms with Gasteiger partial charge in [0, 0.05) is 18.6 Å². The van der Waals surface area contributed by atoms with Gasteiger partial charge in [-0.15, -0.1) is 0 Å². The third-order valence-corrected chi connectivity index (χ3v) is 2.45. The van der Waals surface area contributed by atoms with Crippen LogP contribution in [-0.2, 0) is 4.79 Å². The van der Waals surface area contributed by atoms with Gasteiger partial charge in [0.15, 0.2) is 0 Å². The lowest BCUT2D eigenvalue weighted by molar-refractivity contribution is -0.123. The fourth-order valence-electron chi connectivity index (χ4n) is 1.31. The highest BCUT2D eigenvalue weighted by Crippen LogP contribution is 2.11. The van der Waals surface area contributed by atoms with Gasteiger partial charge in [-0.2, -0.15) is 0 Å². The molecule has 0 spiro atoms. The minimum atomic E-state index is -0.111. The highest BCUT2D eigenvalue weighted by molar-refractivity contribution is 5.78. The van der Waals surface area contributed by atoms with Crippen molar-refractivity contribution in [1.82, 2.24) is 10.2 Å². The lowest BCUT2D eigenvalue weighted by atomic mass is 10.0. The van der Waals surface area contributed by atoms with Crippen molar-refractivity contribution in [1.29, 1.82) is 0 Å². The van der Waals surface area contributed by atoms with E-state index in [9.17, 15) is 4.79 Å². The second-order valence-corrected chi connectivity index (χ2v) is 3.98. The second-order valence-electron chi connectivity index (χ2n) is 3.98. The van der Waals surface area contributed by atoms with E-state index in [-0.39, 0.29) is 11.4 Å². The zero-order valence-electron chi connectivity index (χ0n) is 9.76. The fourth-order valence-corrected chi connectivity index (χ4v) is 1.31. The first-order chi connectivity index (χ1) is 6.47. The lowest BCUT2D eigenvalue weighted by Crippen LogP contribution is -2.52. The van der Waals surface area contributed by atoms with Gasteiger partial charge in [0.1, 0.15) is 0 Å². The Kier molecular flexibility index (Phi) is 5.72. The molecule has 0 aromatic rings. The summed E-state index contributed by atoms with van der Waals surface area (Å²) in [5, 5.41) is 2.79. The molecule has 0 atom stereocenters. The van der Waals surface area contributed by atoms with Crippen molar-refractivity contribution in [3.8, 4) is 0 Å². The Labute approximate surface area is 86.8 Å². The Hall–Kier alpha value is -0.610. The van der Waals surface area contributed by atoms with Gasteiger partial charge in [-0.05, 0) is 27.3 Å². The van der Waals surface area contributed by atoms with Crippen LogP contribution in [-0.4, -0.2) is 42.5 Å². The molecule has 14 heavy (non-hydrogen) atoms. The van der Waals surface area contributed by atoms with Crippen molar-refractivity contribution in [2.24, 2.45) is 5.73 Å². The summed E-state index contributed by atoms with van der Waals surface area (Å²) in [4.78, 5) is 13.5. The van der Waals surface area contributed by atoms with Gasteiger partial charge in [-0.25, -0.2) is 0 Å². The summed E-state index contributed by atoms with van der Waals surface area (Å²) in [5.41, 5.74) is 5.55. The van der Waals surface area contributed by atoms with Crippen molar-refractivity contribution in [3.63, 3.8) is 0 Å². The first-order valence-electron chi connectivity index (χ1n) is 5.19. The highest BCUT2D eigenvalue weighted by atomic mass is 16.2. The van der Waals surface area contributed by atoms with E-state index in [4.69, 9.17) is 5.73 Å². The van der Waals surface area contributed by atoms with Crippen molar-refractivity contribution in [3.05, 3.63) is 0 Å². The van der Waals surface area contributed by atoms with Crippen LogP contribution >= 0.6 is 0 Å². The van der Waals surface area contributed by atoms with Gasteiger partial charge >= 0.3 is 0 Å². The van der Waals surface area contributed by atoms with Crippen LogP contribution in [0.5, 0.6) is 0 Å². The van der Waals surface area contributed by atoms with E-state index in [1.54, 1.807) is 0 Å². The molecule has 3 N–H and O–H groups in total. The molecule has 0 saturated heterocycles. The summed E-state index contributed by atoms with van der Waals surface area (Å²) in [6.07, 6.45) is 0. The summed E-state index contributed by atoms with van der Waals surface area (Å²) in [7, 11) is 0. The van der Waals surface area contributed by atoms with Gasteiger partial charge in [0.2, 0.25) is 5.91 Å². The first kappa shape index (κ1) is 13.4. The Balaban J connectivity index is 4.22. The zero-order chi connectivity index (χ0) is 11.2. The van der Waals surface area contributed by atoms with Gasteiger partial charge in [-0.1, -0.05) is 6.92 Å². The molecule has 84 valence electrons. The molecule has 0 unspecified atom stereocenters. The van der Waals surface area contributed by atoms with E-state index >= 15 is 0 Å². The van der Waals surface area contributed by atoms with Crippen molar-refractivity contribution in [2.45, 2.75) is 33.2 Å². The highest BCUT2D eigenvalue weighted by Gasteiger charge is 2.25. The van der Waals surface area contributed by atoms with Gasteiger partial charge in [-0.3, -0.25) is 9.69 Å². The monoisotopic (exact) mass is 201 g/mol. The Morgan fingerprint density at radius 3 is 2.36 bits per heavy atom. The minimum absolute atomic E-state index is 0.0656. The third-order valence-electron chi connectivity index (χ3n) is 2.45. The number of carbonyl (C=O) groups is 1. The molecule has 0 aromatic heterocycles. The van der Waals surface area contributed by atoms with Crippen LogP contribution in [0.15, 0.2) is 0 Å². The molecule has 0 heterocycles. The molecule has 4 heteroatoms. The quantitative estimate of drug-likeness (QED) is 0.644. The molecule has 0 rings (SSSR count). The summed E-state index contributed by atoms with van der Waals surface area (Å²) in [6, 6.07) is 0. The van der Waals surface area contributed by atoms with E-state index in [1.165, 1.54) is 0 Å². The molecular weight excluding hydrogens is 178 g/mol. The van der Waals surface area contributed by atoms with Crippen LogP contribution in [0, 0.1) is 0 Å². The third kappa shape index (κ3) is 4.07. The average Bonchev–Trinajstić information content (AvgIpc) is 2.14. The SMILES string of the molecule is CCNC(=O)CN(CC)C(C)(C)CN. The molecule has 0 saturated carbocycles. The predicted molar refractivity (Wildman–Crippen MR) is 59.1 cm³/mol. The van der Waals surface area contributed by atoms with Crippen LogP contribution in [0.2, 0.25) is 0 Å². The maximum atomic E-state index is 11.4. The number of amides is 1. The van der Waals surface area contributed by atoms with Gasteiger partial charge in [0.05, 0.1) is 6.54 Å². The summed E-state index contributed by atoms with van der Waals surface area (Å²) < 4.78 is 0. The van der Waals surface area contributed by atoms with Crippen LogP contribution in [0.25, 0.3) is 0 Å². The van der Waals surface area contributed by atoms with Gasteiger partial charge in [0.25, 0.3) is 0 Å². The molecule has 0 aliphatic heterocycles. The molecule has 1 amide bonds. The topological polar surface area (TPSA) is 58.4 Å². The molecule has 0 aliphatic rings. The lowest BCUT2D eigenvalue weighted by Gasteiger charge is -2.36. The van der Waals surface area contributed by atoms with Crippen molar-refractivity contribution in [2.75, 3.05) is 26.2 Å². The Morgan fingerprint density at radius 1 is 1.43 bits per heavy atom. The molecule has 0 aromatic carbocycles. The summed E-state index contributed by atoms with van der Waals surface area (Å²) in [5.74, 6) is 0.0656. The predicted octanol–water partition coefficient (Wildman–Crippen LogP) is 0.182. The van der Waals surface area contributed by atoms with E-state index < -0.39 is 0 Å². The van der Waals surface area contributed by atoms with E-state index in [0.717, 1.165) is 6.54 Å². The largest absolute Gasteiger partial charge is 0.355 e. The van der Waals surface area contributed by atoms with E-state index in [1.807, 2.05) is 13.8 Å². The number of hydrogen-bond acceptors (Lipinski definition) is 3. The molecule has 0 bridgehead atoms. The molecule has 4 nitrogen and oxygen atoms in total. The van der Waals surface area contributed by atoms with Crippen LogP contribution < -0.4 is 11.1 Å². The normalized spacial score (nSPS) is 11.9.